The topological polar surface area (TPSA) is 44.5 Å². The monoisotopic (exact) mass is 271 g/mol. The first-order valence-electron chi connectivity index (χ1n) is 6.80. The lowest BCUT2D eigenvalue weighted by Crippen LogP contribution is -1.98. The number of ether oxygens (including phenoxy) is 2. The van der Waals surface area contributed by atoms with E-state index in [1.165, 1.54) is 5.56 Å². The molecule has 0 radical (unpaired) electrons. The van der Waals surface area contributed by atoms with Gasteiger partial charge >= 0.3 is 0 Å². The van der Waals surface area contributed by atoms with Gasteiger partial charge in [0.15, 0.2) is 0 Å². The van der Waals surface area contributed by atoms with Crippen LogP contribution in [0.3, 0.4) is 0 Å². The molecule has 2 rings (SSSR count). The molecule has 3 nitrogen and oxygen atoms in total. The third kappa shape index (κ3) is 2.87. The van der Waals surface area contributed by atoms with Crippen LogP contribution in [0.1, 0.15) is 23.6 Å². The number of rotatable bonds is 4. The molecule has 0 bridgehead atoms. The van der Waals surface area contributed by atoms with Crippen molar-refractivity contribution in [2.24, 2.45) is 0 Å². The van der Waals surface area contributed by atoms with Gasteiger partial charge in [0.2, 0.25) is 0 Å². The van der Waals surface area contributed by atoms with E-state index in [-0.39, 0.29) is 0 Å². The van der Waals surface area contributed by atoms with Gasteiger partial charge in [-0.1, -0.05) is 12.1 Å². The smallest absolute Gasteiger partial charge is 0.145 e. The van der Waals surface area contributed by atoms with Crippen molar-refractivity contribution >= 4 is 5.69 Å². The highest BCUT2D eigenvalue weighted by molar-refractivity contribution is 5.57. The third-order valence-corrected chi connectivity index (χ3v) is 3.38. The zero-order chi connectivity index (χ0) is 14.7. The van der Waals surface area contributed by atoms with Gasteiger partial charge in [0.1, 0.15) is 17.2 Å². The summed E-state index contributed by atoms with van der Waals surface area (Å²) >= 11 is 0. The molecule has 0 heterocycles. The molecular formula is C17H21NO2. The standard InChI is InChI=1S/C17H21NO2/c1-5-19-16-10-14(8-9-15(16)18)20-17-12(3)7-6-11(2)13(17)4/h6-10H,5,18H2,1-4H3. The molecule has 0 saturated carbocycles. The van der Waals surface area contributed by atoms with Gasteiger partial charge in [-0.05, 0) is 56.5 Å². The van der Waals surface area contributed by atoms with Gasteiger partial charge in [-0.15, -0.1) is 0 Å². The highest BCUT2D eigenvalue weighted by Crippen LogP contribution is 2.34. The lowest BCUT2D eigenvalue weighted by atomic mass is 10.1. The molecule has 20 heavy (non-hydrogen) atoms. The molecule has 3 heteroatoms. The van der Waals surface area contributed by atoms with Crippen LogP contribution in [0, 0.1) is 20.8 Å². The van der Waals surface area contributed by atoms with E-state index >= 15 is 0 Å². The zero-order valence-corrected chi connectivity index (χ0v) is 12.5. The van der Waals surface area contributed by atoms with E-state index in [4.69, 9.17) is 15.2 Å². The van der Waals surface area contributed by atoms with Crippen LogP contribution in [0.5, 0.6) is 17.2 Å². The van der Waals surface area contributed by atoms with Gasteiger partial charge in [0, 0.05) is 6.07 Å². The summed E-state index contributed by atoms with van der Waals surface area (Å²) in [6, 6.07) is 9.67. The van der Waals surface area contributed by atoms with Crippen LogP contribution in [0.2, 0.25) is 0 Å². The second-order valence-electron chi connectivity index (χ2n) is 4.89. The normalized spacial score (nSPS) is 10.4. The summed E-state index contributed by atoms with van der Waals surface area (Å²) in [6.45, 7) is 8.70. The minimum Gasteiger partial charge on any atom is -0.492 e. The Bertz CT molecular complexity index is 621. The van der Waals surface area contributed by atoms with Crippen molar-refractivity contribution in [3.8, 4) is 17.2 Å². The van der Waals surface area contributed by atoms with Gasteiger partial charge in [-0.3, -0.25) is 0 Å². The largest absolute Gasteiger partial charge is 0.492 e. The maximum Gasteiger partial charge on any atom is 0.145 e. The summed E-state index contributed by atoms with van der Waals surface area (Å²) in [7, 11) is 0. The van der Waals surface area contributed by atoms with Gasteiger partial charge in [0.25, 0.3) is 0 Å². The van der Waals surface area contributed by atoms with Crippen molar-refractivity contribution in [3.63, 3.8) is 0 Å². The molecule has 0 spiro atoms. The van der Waals surface area contributed by atoms with E-state index in [1.54, 1.807) is 6.07 Å². The molecular weight excluding hydrogens is 250 g/mol. The lowest BCUT2D eigenvalue weighted by molar-refractivity contribution is 0.340. The molecule has 0 fully saturated rings. The molecule has 0 amide bonds. The van der Waals surface area contributed by atoms with Gasteiger partial charge in [-0.25, -0.2) is 0 Å². The first-order valence-corrected chi connectivity index (χ1v) is 6.80. The van der Waals surface area contributed by atoms with Crippen LogP contribution in [0.15, 0.2) is 30.3 Å². The molecule has 0 atom stereocenters. The molecule has 0 saturated heterocycles. The minimum atomic E-state index is 0.580. The Morgan fingerprint density at radius 3 is 2.40 bits per heavy atom. The number of aryl methyl sites for hydroxylation is 2. The van der Waals surface area contributed by atoms with Crippen molar-refractivity contribution in [1.29, 1.82) is 0 Å². The summed E-state index contributed by atoms with van der Waals surface area (Å²) in [5.41, 5.74) is 9.97. The maximum atomic E-state index is 6.03. The molecule has 106 valence electrons. The zero-order valence-electron chi connectivity index (χ0n) is 12.5. The second-order valence-corrected chi connectivity index (χ2v) is 4.89. The SMILES string of the molecule is CCOc1cc(Oc2c(C)ccc(C)c2C)ccc1N. The first kappa shape index (κ1) is 14.3. The second kappa shape index (κ2) is 5.87. The number of hydrogen-bond acceptors (Lipinski definition) is 3. The molecule has 0 unspecified atom stereocenters. The minimum absolute atomic E-state index is 0.580. The van der Waals surface area contributed by atoms with Crippen molar-refractivity contribution < 1.29 is 9.47 Å². The van der Waals surface area contributed by atoms with Gasteiger partial charge < -0.3 is 15.2 Å². The average molecular weight is 271 g/mol. The molecule has 0 aromatic heterocycles. The first-order chi connectivity index (χ1) is 9.52. The van der Waals surface area contributed by atoms with E-state index in [1.807, 2.05) is 26.0 Å². The Morgan fingerprint density at radius 2 is 1.70 bits per heavy atom. The van der Waals surface area contributed by atoms with E-state index in [9.17, 15) is 0 Å². The highest BCUT2D eigenvalue weighted by Gasteiger charge is 2.09. The van der Waals surface area contributed by atoms with E-state index in [0.29, 0.717) is 18.0 Å². The van der Waals surface area contributed by atoms with E-state index < -0.39 is 0 Å². The van der Waals surface area contributed by atoms with Crippen molar-refractivity contribution in [3.05, 3.63) is 47.0 Å². The number of hydrogen-bond donors (Lipinski definition) is 1. The summed E-state index contributed by atoms with van der Waals surface area (Å²) in [5.74, 6) is 2.30. The van der Waals surface area contributed by atoms with E-state index in [0.717, 1.165) is 22.6 Å². The van der Waals surface area contributed by atoms with Gasteiger partial charge in [0.05, 0.1) is 12.3 Å². The predicted octanol–water partition coefficient (Wildman–Crippen LogP) is 4.39. The quantitative estimate of drug-likeness (QED) is 0.839. The summed E-state index contributed by atoms with van der Waals surface area (Å²) in [5, 5.41) is 0. The fourth-order valence-electron chi connectivity index (χ4n) is 2.06. The molecule has 2 aromatic rings. The van der Waals surface area contributed by atoms with Crippen molar-refractivity contribution in [2.45, 2.75) is 27.7 Å². The van der Waals surface area contributed by atoms with Crippen LogP contribution >= 0.6 is 0 Å². The third-order valence-electron chi connectivity index (χ3n) is 3.38. The average Bonchev–Trinajstić information content (AvgIpc) is 2.43. The molecule has 0 aliphatic heterocycles. The number of anilines is 1. The Kier molecular flexibility index (Phi) is 4.18. The van der Waals surface area contributed by atoms with E-state index in [2.05, 4.69) is 26.0 Å². The molecule has 0 aliphatic rings. The van der Waals surface area contributed by atoms with Crippen LogP contribution in [0.25, 0.3) is 0 Å². The van der Waals surface area contributed by atoms with Crippen LogP contribution in [-0.2, 0) is 0 Å². The molecule has 2 aromatic carbocycles. The van der Waals surface area contributed by atoms with Crippen LogP contribution in [-0.4, -0.2) is 6.61 Å². The Balaban J connectivity index is 2.35. The Labute approximate surface area is 120 Å². The van der Waals surface area contributed by atoms with Gasteiger partial charge in [-0.2, -0.15) is 0 Å². The van der Waals surface area contributed by atoms with Crippen molar-refractivity contribution in [2.75, 3.05) is 12.3 Å². The summed E-state index contributed by atoms with van der Waals surface area (Å²) < 4.78 is 11.5. The highest BCUT2D eigenvalue weighted by atomic mass is 16.5. The number of nitrogens with two attached hydrogens (primary N) is 1. The van der Waals surface area contributed by atoms with Crippen LogP contribution < -0.4 is 15.2 Å². The van der Waals surface area contributed by atoms with Crippen LogP contribution in [0.4, 0.5) is 5.69 Å². The Hall–Kier alpha value is -2.16. The summed E-state index contributed by atoms with van der Waals surface area (Å²) in [4.78, 5) is 0. The molecule has 0 aliphatic carbocycles. The fraction of sp³-hybridized carbons (Fsp3) is 0.294. The predicted molar refractivity (Wildman–Crippen MR) is 82.8 cm³/mol. The fourth-order valence-corrected chi connectivity index (χ4v) is 2.06. The van der Waals surface area contributed by atoms with Crippen molar-refractivity contribution in [1.82, 2.24) is 0 Å². The summed E-state index contributed by atoms with van der Waals surface area (Å²) in [6.07, 6.45) is 0. The lowest BCUT2D eigenvalue weighted by Gasteiger charge is -2.15. The Morgan fingerprint density at radius 1 is 1.00 bits per heavy atom. The molecule has 2 N–H and O–H groups in total. The number of nitrogen functional groups attached to an aromatic ring is 1. The number of benzene rings is 2. The maximum absolute atomic E-state index is 6.03.